The zero-order valence-electron chi connectivity index (χ0n) is 20.4. The summed E-state index contributed by atoms with van der Waals surface area (Å²) in [7, 11) is 0. The highest BCUT2D eigenvalue weighted by atomic mass is 15.5. The van der Waals surface area contributed by atoms with Gasteiger partial charge in [-0.25, -0.2) is 14.8 Å². The number of nitrogens with zero attached hydrogens (tertiary/aromatic N) is 6. The van der Waals surface area contributed by atoms with Crippen molar-refractivity contribution in [2.75, 3.05) is 5.73 Å². The first-order chi connectivity index (χ1) is 17.7. The Morgan fingerprint density at radius 3 is 2.31 bits per heavy atom. The van der Waals surface area contributed by atoms with E-state index in [2.05, 4.69) is 57.9 Å². The van der Waals surface area contributed by atoms with Gasteiger partial charge in [-0.2, -0.15) is 5.10 Å². The first-order valence-corrected chi connectivity index (χ1v) is 12.4. The molecule has 0 aliphatic heterocycles. The molecule has 8 heteroatoms. The monoisotopic (exact) mass is 478 g/mol. The molecular formula is C28H30N8. The normalized spacial score (nSPS) is 11.1. The molecule has 182 valence electrons. The molecule has 0 aliphatic rings. The van der Waals surface area contributed by atoms with Gasteiger partial charge in [-0.1, -0.05) is 74.7 Å². The molecule has 0 atom stereocenters. The van der Waals surface area contributed by atoms with E-state index < -0.39 is 0 Å². The molecule has 0 radical (unpaired) electrons. The summed E-state index contributed by atoms with van der Waals surface area (Å²) in [6, 6.07) is 24.5. The SMILES string of the molecule is CCCCCCc1nc(-c2ccc(N)cc2)n(Cc2ccc(-c3ccccc3-c3nnn[nH]3)cc2)n1. The van der Waals surface area contributed by atoms with Crippen LogP contribution < -0.4 is 5.73 Å². The van der Waals surface area contributed by atoms with Crippen molar-refractivity contribution in [1.29, 1.82) is 0 Å². The summed E-state index contributed by atoms with van der Waals surface area (Å²) in [5.41, 5.74) is 11.9. The molecule has 0 aliphatic carbocycles. The third-order valence-electron chi connectivity index (χ3n) is 6.26. The standard InChI is InChI=1S/C28H30N8/c1-2-3-4-5-10-26-30-28(22-15-17-23(29)18-16-22)36(33-26)19-20-11-13-21(14-12-20)24-8-6-7-9-25(24)27-31-34-35-32-27/h6-9,11-18H,2-5,10,19,29H2,1H3,(H,31,32,34,35). The number of aryl methyl sites for hydroxylation is 1. The van der Waals surface area contributed by atoms with Crippen LogP contribution in [0.15, 0.2) is 72.8 Å². The fourth-order valence-electron chi connectivity index (χ4n) is 4.34. The summed E-state index contributed by atoms with van der Waals surface area (Å²) >= 11 is 0. The van der Waals surface area contributed by atoms with Crippen LogP contribution in [0, 0.1) is 0 Å². The number of benzene rings is 3. The lowest BCUT2D eigenvalue weighted by Gasteiger charge is -2.10. The number of nitrogens with two attached hydrogens (primary N) is 1. The van der Waals surface area contributed by atoms with Gasteiger partial charge in [0.25, 0.3) is 0 Å². The lowest BCUT2D eigenvalue weighted by atomic mass is 9.98. The third-order valence-corrected chi connectivity index (χ3v) is 6.26. The average Bonchev–Trinajstić information content (AvgIpc) is 3.58. The van der Waals surface area contributed by atoms with Gasteiger partial charge in [0, 0.05) is 23.2 Å². The molecular weight excluding hydrogens is 448 g/mol. The van der Waals surface area contributed by atoms with Crippen molar-refractivity contribution in [1.82, 2.24) is 35.4 Å². The van der Waals surface area contributed by atoms with Gasteiger partial charge in [0.15, 0.2) is 17.5 Å². The van der Waals surface area contributed by atoms with Gasteiger partial charge < -0.3 is 5.73 Å². The molecule has 3 aromatic carbocycles. The number of hydrogen-bond acceptors (Lipinski definition) is 6. The van der Waals surface area contributed by atoms with Crippen molar-refractivity contribution in [3.63, 3.8) is 0 Å². The van der Waals surface area contributed by atoms with Crippen LogP contribution >= 0.6 is 0 Å². The Hall–Kier alpha value is -4.33. The fourth-order valence-corrected chi connectivity index (χ4v) is 4.34. The number of H-pyrrole nitrogens is 1. The van der Waals surface area contributed by atoms with Crippen LogP contribution in [0.4, 0.5) is 5.69 Å². The third kappa shape index (κ3) is 5.33. The number of nitrogens with one attached hydrogen (secondary N) is 1. The van der Waals surface area contributed by atoms with Crippen molar-refractivity contribution >= 4 is 5.69 Å². The van der Waals surface area contributed by atoms with Crippen molar-refractivity contribution in [3.05, 3.63) is 84.2 Å². The minimum Gasteiger partial charge on any atom is -0.399 e. The van der Waals surface area contributed by atoms with E-state index in [0.29, 0.717) is 12.4 Å². The molecule has 0 saturated carbocycles. The minimum atomic E-state index is 0.635. The number of anilines is 1. The molecule has 0 bridgehead atoms. The molecule has 0 amide bonds. The predicted octanol–water partition coefficient (Wildman–Crippen LogP) is 5.55. The maximum absolute atomic E-state index is 5.91. The molecule has 3 N–H and O–H groups in total. The van der Waals surface area contributed by atoms with Gasteiger partial charge in [0.2, 0.25) is 0 Å². The molecule has 8 nitrogen and oxygen atoms in total. The Morgan fingerprint density at radius 2 is 1.58 bits per heavy atom. The van der Waals surface area contributed by atoms with Crippen molar-refractivity contribution in [2.24, 2.45) is 0 Å². The number of aromatic amines is 1. The van der Waals surface area contributed by atoms with Crippen molar-refractivity contribution in [3.8, 4) is 33.9 Å². The van der Waals surface area contributed by atoms with Gasteiger partial charge >= 0.3 is 0 Å². The maximum Gasteiger partial charge on any atom is 0.180 e. The van der Waals surface area contributed by atoms with Crippen LogP contribution in [0.5, 0.6) is 0 Å². The lowest BCUT2D eigenvalue weighted by molar-refractivity contribution is 0.634. The van der Waals surface area contributed by atoms with Crippen LogP contribution in [0.3, 0.4) is 0 Å². The number of hydrogen-bond donors (Lipinski definition) is 2. The summed E-state index contributed by atoms with van der Waals surface area (Å²) < 4.78 is 2.00. The highest BCUT2D eigenvalue weighted by molar-refractivity contribution is 5.80. The Labute approximate surface area is 210 Å². The summed E-state index contributed by atoms with van der Waals surface area (Å²) in [6.07, 6.45) is 5.66. The van der Waals surface area contributed by atoms with E-state index in [1.54, 1.807) is 0 Å². The van der Waals surface area contributed by atoms with E-state index in [-0.39, 0.29) is 0 Å². The van der Waals surface area contributed by atoms with E-state index in [1.807, 2.05) is 47.1 Å². The first-order valence-electron chi connectivity index (χ1n) is 12.4. The Bertz CT molecular complexity index is 1390. The molecule has 5 rings (SSSR count). The van der Waals surface area contributed by atoms with E-state index >= 15 is 0 Å². The van der Waals surface area contributed by atoms with E-state index in [4.69, 9.17) is 15.8 Å². The van der Waals surface area contributed by atoms with E-state index in [0.717, 1.165) is 58.0 Å². The number of unbranched alkanes of at least 4 members (excludes halogenated alkanes) is 3. The Kier molecular flexibility index (Phi) is 7.12. The van der Waals surface area contributed by atoms with Crippen LogP contribution in [0.25, 0.3) is 33.9 Å². The number of tetrazole rings is 1. The summed E-state index contributed by atoms with van der Waals surface area (Å²) in [5.74, 6) is 2.41. The second-order valence-electron chi connectivity index (χ2n) is 8.93. The molecule has 2 aromatic heterocycles. The lowest BCUT2D eigenvalue weighted by Crippen LogP contribution is -2.05. The van der Waals surface area contributed by atoms with Crippen LogP contribution in [0.2, 0.25) is 0 Å². The second-order valence-corrected chi connectivity index (χ2v) is 8.93. The number of nitrogen functional groups attached to an aromatic ring is 1. The number of aromatic nitrogens is 7. The smallest absolute Gasteiger partial charge is 0.180 e. The largest absolute Gasteiger partial charge is 0.399 e. The number of rotatable bonds is 10. The van der Waals surface area contributed by atoms with Crippen LogP contribution in [0.1, 0.15) is 44.0 Å². The van der Waals surface area contributed by atoms with Gasteiger partial charge in [0.1, 0.15) is 0 Å². The molecule has 0 unspecified atom stereocenters. The Balaban J connectivity index is 1.40. The molecule has 5 aromatic rings. The molecule has 0 spiro atoms. The zero-order valence-corrected chi connectivity index (χ0v) is 20.4. The average molecular weight is 479 g/mol. The fraction of sp³-hybridized carbons (Fsp3) is 0.250. The molecule has 36 heavy (non-hydrogen) atoms. The van der Waals surface area contributed by atoms with Crippen molar-refractivity contribution < 1.29 is 0 Å². The zero-order chi connectivity index (χ0) is 24.7. The second kappa shape index (κ2) is 10.9. The molecule has 0 fully saturated rings. The highest BCUT2D eigenvalue weighted by Crippen LogP contribution is 2.30. The quantitative estimate of drug-likeness (QED) is 0.201. The summed E-state index contributed by atoms with van der Waals surface area (Å²) in [6.45, 7) is 2.86. The predicted molar refractivity (Wildman–Crippen MR) is 142 cm³/mol. The van der Waals surface area contributed by atoms with Crippen molar-refractivity contribution in [2.45, 2.75) is 45.6 Å². The van der Waals surface area contributed by atoms with Gasteiger partial charge in [-0.3, -0.25) is 0 Å². The molecule has 2 heterocycles. The maximum atomic E-state index is 5.91. The first kappa shape index (κ1) is 23.4. The Morgan fingerprint density at radius 1 is 0.833 bits per heavy atom. The van der Waals surface area contributed by atoms with Gasteiger partial charge in [-0.15, -0.1) is 5.10 Å². The molecule has 0 saturated heterocycles. The van der Waals surface area contributed by atoms with Crippen LogP contribution in [-0.4, -0.2) is 35.4 Å². The summed E-state index contributed by atoms with van der Waals surface area (Å²) in [4.78, 5) is 4.90. The van der Waals surface area contributed by atoms with Gasteiger partial charge in [-0.05, 0) is 57.8 Å². The van der Waals surface area contributed by atoms with E-state index in [9.17, 15) is 0 Å². The highest BCUT2D eigenvalue weighted by Gasteiger charge is 2.14. The summed E-state index contributed by atoms with van der Waals surface area (Å²) in [5, 5.41) is 19.3. The minimum absolute atomic E-state index is 0.635. The van der Waals surface area contributed by atoms with E-state index in [1.165, 1.54) is 19.3 Å². The van der Waals surface area contributed by atoms with Gasteiger partial charge in [0.05, 0.1) is 6.54 Å². The van der Waals surface area contributed by atoms with Crippen LogP contribution in [-0.2, 0) is 13.0 Å². The topological polar surface area (TPSA) is 111 Å².